The van der Waals surface area contributed by atoms with Crippen molar-refractivity contribution in [1.82, 2.24) is 15.5 Å². The molecule has 0 bridgehead atoms. The molecule has 0 radical (unpaired) electrons. The standard InChI is InChI=1S/C21H27N3O5/c1-14-7-8-16(29-14)13-24-10-9-22-21(26)17(24)11-19(25)23-12-15-5-4-6-18(27-2)20(15)28-3/h4-8,17H,9-13H2,1-3H3,(H,22,26)(H,23,25). The summed E-state index contributed by atoms with van der Waals surface area (Å²) in [4.78, 5) is 26.9. The van der Waals surface area contributed by atoms with Crippen molar-refractivity contribution in [3.05, 3.63) is 47.4 Å². The lowest BCUT2D eigenvalue weighted by atomic mass is 10.1. The lowest BCUT2D eigenvalue weighted by Gasteiger charge is -2.34. The normalized spacial score (nSPS) is 16.9. The zero-order chi connectivity index (χ0) is 20.8. The Hall–Kier alpha value is -3.00. The quantitative estimate of drug-likeness (QED) is 0.698. The molecule has 3 rings (SSSR count). The van der Waals surface area contributed by atoms with Crippen LogP contribution in [0.1, 0.15) is 23.5 Å². The van der Waals surface area contributed by atoms with Gasteiger partial charge in [-0.3, -0.25) is 14.5 Å². The molecular weight excluding hydrogens is 374 g/mol. The minimum Gasteiger partial charge on any atom is -0.493 e. The number of nitrogens with zero attached hydrogens (tertiary/aromatic N) is 1. The maximum Gasteiger partial charge on any atom is 0.237 e. The van der Waals surface area contributed by atoms with E-state index in [1.807, 2.05) is 36.1 Å². The molecule has 1 aliphatic heterocycles. The summed E-state index contributed by atoms with van der Waals surface area (Å²) < 4.78 is 16.3. The molecule has 156 valence electrons. The molecule has 0 saturated carbocycles. The molecule has 0 aliphatic carbocycles. The molecule has 1 aliphatic rings. The summed E-state index contributed by atoms with van der Waals surface area (Å²) >= 11 is 0. The van der Waals surface area contributed by atoms with E-state index >= 15 is 0 Å². The number of para-hydroxylation sites is 1. The second-order valence-electron chi connectivity index (χ2n) is 6.92. The van der Waals surface area contributed by atoms with Crippen LogP contribution >= 0.6 is 0 Å². The number of aryl methyl sites for hydroxylation is 1. The Morgan fingerprint density at radius 3 is 2.79 bits per heavy atom. The highest BCUT2D eigenvalue weighted by atomic mass is 16.5. The van der Waals surface area contributed by atoms with Crippen LogP contribution in [-0.2, 0) is 22.7 Å². The highest BCUT2D eigenvalue weighted by Crippen LogP contribution is 2.30. The van der Waals surface area contributed by atoms with Crippen molar-refractivity contribution >= 4 is 11.8 Å². The molecule has 1 saturated heterocycles. The van der Waals surface area contributed by atoms with Crippen LogP contribution in [0.2, 0.25) is 0 Å². The van der Waals surface area contributed by atoms with E-state index in [0.717, 1.165) is 17.1 Å². The third-order valence-corrected chi connectivity index (χ3v) is 4.94. The number of furan rings is 1. The van der Waals surface area contributed by atoms with Gasteiger partial charge in [0.1, 0.15) is 11.5 Å². The monoisotopic (exact) mass is 401 g/mol. The van der Waals surface area contributed by atoms with Crippen LogP contribution in [0.25, 0.3) is 0 Å². The molecule has 8 heteroatoms. The van der Waals surface area contributed by atoms with E-state index in [4.69, 9.17) is 13.9 Å². The minimum absolute atomic E-state index is 0.0673. The van der Waals surface area contributed by atoms with E-state index in [9.17, 15) is 9.59 Å². The number of benzene rings is 1. The molecule has 2 N–H and O–H groups in total. The Balaban J connectivity index is 1.62. The molecule has 1 aromatic heterocycles. The maximum atomic E-state index is 12.6. The molecule has 1 aromatic carbocycles. The van der Waals surface area contributed by atoms with E-state index in [1.165, 1.54) is 0 Å². The fourth-order valence-corrected chi connectivity index (χ4v) is 3.48. The van der Waals surface area contributed by atoms with Crippen molar-refractivity contribution in [1.29, 1.82) is 0 Å². The van der Waals surface area contributed by atoms with Crippen LogP contribution in [-0.4, -0.2) is 50.1 Å². The van der Waals surface area contributed by atoms with Gasteiger partial charge in [0, 0.05) is 25.2 Å². The number of rotatable bonds is 8. The number of hydrogen-bond acceptors (Lipinski definition) is 6. The second-order valence-corrected chi connectivity index (χ2v) is 6.92. The number of ether oxygens (including phenoxy) is 2. The summed E-state index contributed by atoms with van der Waals surface area (Å²) in [5.74, 6) is 2.43. The molecule has 2 aromatic rings. The Morgan fingerprint density at radius 2 is 2.10 bits per heavy atom. The first-order valence-corrected chi connectivity index (χ1v) is 9.55. The molecular formula is C21H27N3O5. The van der Waals surface area contributed by atoms with Crippen molar-refractivity contribution in [3.63, 3.8) is 0 Å². The third-order valence-electron chi connectivity index (χ3n) is 4.94. The van der Waals surface area contributed by atoms with Gasteiger partial charge in [-0.25, -0.2) is 0 Å². The number of methoxy groups -OCH3 is 2. The van der Waals surface area contributed by atoms with E-state index < -0.39 is 6.04 Å². The topological polar surface area (TPSA) is 93.0 Å². The van der Waals surface area contributed by atoms with Gasteiger partial charge in [-0.05, 0) is 25.1 Å². The predicted octanol–water partition coefficient (Wildman–Crippen LogP) is 1.61. The molecule has 1 unspecified atom stereocenters. The third kappa shape index (κ3) is 5.08. The van der Waals surface area contributed by atoms with Gasteiger partial charge in [-0.1, -0.05) is 12.1 Å². The Labute approximate surface area is 170 Å². The van der Waals surface area contributed by atoms with Crippen molar-refractivity contribution < 1.29 is 23.5 Å². The first kappa shape index (κ1) is 20.7. The predicted molar refractivity (Wildman–Crippen MR) is 107 cm³/mol. The van der Waals surface area contributed by atoms with E-state index in [1.54, 1.807) is 20.3 Å². The first-order valence-electron chi connectivity index (χ1n) is 9.55. The second kappa shape index (κ2) is 9.47. The summed E-state index contributed by atoms with van der Waals surface area (Å²) in [6.45, 7) is 3.86. The van der Waals surface area contributed by atoms with Gasteiger partial charge in [-0.15, -0.1) is 0 Å². The molecule has 2 heterocycles. The van der Waals surface area contributed by atoms with Crippen LogP contribution in [0, 0.1) is 6.92 Å². The molecule has 8 nitrogen and oxygen atoms in total. The molecule has 1 fully saturated rings. The van der Waals surface area contributed by atoms with E-state index in [2.05, 4.69) is 10.6 Å². The Bertz CT molecular complexity index is 864. The van der Waals surface area contributed by atoms with Crippen molar-refractivity contribution in [2.75, 3.05) is 27.3 Å². The van der Waals surface area contributed by atoms with E-state index in [0.29, 0.717) is 31.1 Å². The minimum atomic E-state index is -0.540. The van der Waals surface area contributed by atoms with Gasteiger partial charge in [0.25, 0.3) is 0 Å². The highest BCUT2D eigenvalue weighted by Gasteiger charge is 2.32. The van der Waals surface area contributed by atoms with Crippen molar-refractivity contribution in [2.45, 2.75) is 32.5 Å². The largest absolute Gasteiger partial charge is 0.493 e. The van der Waals surface area contributed by atoms with Crippen LogP contribution in [0.3, 0.4) is 0 Å². The number of hydrogen-bond donors (Lipinski definition) is 2. The summed E-state index contributed by atoms with van der Waals surface area (Å²) in [7, 11) is 3.13. The van der Waals surface area contributed by atoms with Gasteiger partial charge < -0.3 is 24.5 Å². The lowest BCUT2D eigenvalue weighted by Crippen LogP contribution is -2.56. The summed E-state index contributed by atoms with van der Waals surface area (Å²) in [6.07, 6.45) is 0.0673. The molecule has 1 atom stereocenters. The smallest absolute Gasteiger partial charge is 0.237 e. The summed E-state index contributed by atoms with van der Waals surface area (Å²) in [6, 6.07) is 8.74. The zero-order valence-corrected chi connectivity index (χ0v) is 17.0. The maximum absolute atomic E-state index is 12.6. The van der Waals surface area contributed by atoms with Crippen molar-refractivity contribution in [2.24, 2.45) is 0 Å². The van der Waals surface area contributed by atoms with Crippen LogP contribution < -0.4 is 20.1 Å². The van der Waals surface area contributed by atoms with Crippen LogP contribution in [0.5, 0.6) is 11.5 Å². The average molecular weight is 401 g/mol. The number of carbonyl (C=O) groups excluding carboxylic acids is 2. The fraction of sp³-hybridized carbons (Fsp3) is 0.429. The Kier molecular flexibility index (Phi) is 6.77. The lowest BCUT2D eigenvalue weighted by molar-refractivity contribution is -0.134. The number of carbonyl (C=O) groups is 2. The number of piperazine rings is 1. The SMILES string of the molecule is COc1cccc(CNC(=O)CC2C(=O)NCCN2Cc2ccc(C)o2)c1OC. The number of nitrogens with one attached hydrogen (secondary N) is 2. The summed E-state index contributed by atoms with van der Waals surface area (Å²) in [5.41, 5.74) is 0.802. The molecule has 2 amide bonds. The molecule has 0 spiro atoms. The first-order chi connectivity index (χ1) is 14.0. The Morgan fingerprint density at radius 1 is 1.28 bits per heavy atom. The van der Waals surface area contributed by atoms with Crippen LogP contribution in [0.4, 0.5) is 0 Å². The highest BCUT2D eigenvalue weighted by molar-refractivity contribution is 5.88. The van der Waals surface area contributed by atoms with Gasteiger partial charge >= 0.3 is 0 Å². The van der Waals surface area contributed by atoms with Gasteiger partial charge in [-0.2, -0.15) is 0 Å². The fourth-order valence-electron chi connectivity index (χ4n) is 3.48. The van der Waals surface area contributed by atoms with Gasteiger partial charge in [0.2, 0.25) is 11.8 Å². The van der Waals surface area contributed by atoms with Gasteiger partial charge in [0.15, 0.2) is 11.5 Å². The zero-order valence-electron chi connectivity index (χ0n) is 17.0. The van der Waals surface area contributed by atoms with Gasteiger partial charge in [0.05, 0.1) is 33.2 Å². The number of amides is 2. The van der Waals surface area contributed by atoms with E-state index in [-0.39, 0.29) is 24.8 Å². The van der Waals surface area contributed by atoms with Crippen molar-refractivity contribution in [3.8, 4) is 11.5 Å². The molecule has 29 heavy (non-hydrogen) atoms. The summed E-state index contributed by atoms with van der Waals surface area (Å²) in [5, 5.41) is 5.71. The average Bonchev–Trinajstić information content (AvgIpc) is 3.13. The van der Waals surface area contributed by atoms with Crippen LogP contribution in [0.15, 0.2) is 34.7 Å².